The van der Waals surface area contributed by atoms with Gasteiger partial charge >= 0.3 is 0 Å². The molecule has 1 aromatic heterocycles. The van der Waals surface area contributed by atoms with Gasteiger partial charge in [-0.15, -0.1) is 11.3 Å². The lowest BCUT2D eigenvalue weighted by Crippen LogP contribution is -2.36. The van der Waals surface area contributed by atoms with Gasteiger partial charge in [-0.05, 0) is 51.3 Å². The van der Waals surface area contributed by atoms with Crippen molar-refractivity contribution >= 4 is 22.9 Å². The fourth-order valence-corrected chi connectivity index (χ4v) is 3.95. The molecule has 1 aromatic carbocycles. The molecule has 0 aliphatic carbocycles. The van der Waals surface area contributed by atoms with Gasteiger partial charge < -0.3 is 10.2 Å². The van der Waals surface area contributed by atoms with E-state index in [9.17, 15) is 4.79 Å². The van der Waals surface area contributed by atoms with Gasteiger partial charge in [-0.25, -0.2) is 4.98 Å². The number of nitrogens with zero attached hydrogens (tertiary/aromatic N) is 2. The number of rotatable bonds is 4. The molecule has 0 saturated carbocycles. The molecule has 0 unspecified atom stereocenters. The van der Waals surface area contributed by atoms with E-state index in [2.05, 4.69) is 51.2 Å². The van der Waals surface area contributed by atoms with Crippen LogP contribution in [0.15, 0.2) is 18.2 Å². The molecule has 24 heavy (non-hydrogen) atoms. The minimum atomic E-state index is -0.160. The molecule has 1 N–H and O–H groups in total. The van der Waals surface area contributed by atoms with Crippen LogP contribution >= 0.6 is 11.3 Å². The number of benzene rings is 1. The Morgan fingerprint density at radius 3 is 2.71 bits per heavy atom. The highest BCUT2D eigenvalue weighted by Crippen LogP contribution is 2.29. The molecule has 1 amide bonds. The van der Waals surface area contributed by atoms with Crippen LogP contribution in [0, 0.1) is 13.8 Å². The number of anilines is 1. The Morgan fingerprint density at radius 1 is 1.29 bits per heavy atom. The quantitative estimate of drug-likeness (QED) is 0.921. The summed E-state index contributed by atoms with van der Waals surface area (Å²) in [6.07, 6.45) is 1.43. The first-order chi connectivity index (χ1) is 11.3. The molecule has 0 bridgehead atoms. The molecule has 2 aromatic rings. The van der Waals surface area contributed by atoms with E-state index >= 15 is 0 Å². The number of carbonyl (C=O) groups excluding carboxylic acids is 1. The van der Waals surface area contributed by atoms with Gasteiger partial charge in [0.15, 0.2) is 0 Å². The van der Waals surface area contributed by atoms with Crippen LogP contribution in [0.4, 0.5) is 5.69 Å². The van der Waals surface area contributed by atoms with Gasteiger partial charge in [0.05, 0.1) is 11.2 Å². The molecular weight excluding hydrogens is 318 g/mol. The molecule has 0 fully saturated rings. The SMILES string of the molecule is Cc1nc(C(C)(C)NCc2ccc3c(c2)CCC(=O)N3C)sc1C. The number of aromatic nitrogens is 1. The first kappa shape index (κ1) is 17.1. The van der Waals surface area contributed by atoms with Crippen LogP contribution in [0.1, 0.15) is 47.0 Å². The maximum atomic E-state index is 11.8. The summed E-state index contributed by atoms with van der Waals surface area (Å²) in [5, 5.41) is 4.75. The third kappa shape index (κ3) is 3.23. The zero-order valence-electron chi connectivity index (χ0n) is 15.1. The number of hydrogen-bond donors (Lipinski definition) is 1. The van der Waals surface area contributed by atoms with Gasteiger partial charge in [0, 0.05) is 30.6 Å². The molecule has 0 radical (unpaired) electrons. The predicted molar refractivity (Wildman–Crippen MR) is 99.6 cm³/mol. The maximum Gasteiger partial charge on any atom is 0.227 e. The van der Waals surface area contributed by atoms with Gasteiger partial charge in [-0.3, -0.25) is 4.79 Å². The van der Waals surface area contributed by atoms with Crippen LogP contribution in [0.2, 0.25) is 0 Å². The minimum absolute atomic E-state index is 0.160. The lowest BCUT2D eigenvalue weighted by Gasteiger charge is -2.27. The van der Waals surface area contributed by atoms with E-state index in [-0.39, 0.29) is 11.4 Å². The van der Waals surface area contributed by atoms with Crippen molar-refractivity contribution in [3.05, 3.63) is 44.9 Å². The minimum Gasteiger partial charge on any atom is -0.315 e. The van der Waals surface area contributed by atoms with Crippen molar-refractivity contribution in [1.29, 1.82) is 0 Å². The van der Waals surface area contributed by atoms with E-state index in [0.717, 1.165) is 29.4 Å². The second-order valence-electron chi connectivity index (χ2n) is 7.05. The topological polar surface area (TPSA) is 45.2 Å². The van der Waals surface area contributed by atoms with Gasteiger partial charge in [0.1, 0.15) is 5.01 Å². The first-order valence-corrected chi connectivity index (χ1v) is 9.17. The number of hydrogen-bond acceptors (Lipinski definition) is 4. The Morgan fingerprint density at radius 2 is 2.04 bits per heavy atom. The summed E-state index contributed by atoms with van der Waals surface area (Å²) in [7, 11) is 1.86. The second kappa shape index (κ2) is 6.30. The van der Waals surface area contributed by atoms with Crippen LogP contribution in [0.3, 0.4) is 0 Å². The van der Waals surface area contributed by atoms with E-state index in [1.807, 2.05) is 7.05 Å². The number of carbonyl (C=O) groups is 1. The zero-order valence-corrected chi connectivity index (χ0v) is 15.9. The largest absolute Gasteiger partial charge is 0.315 e. The Labute approximate surface area is 147 Å². The highest BCUT2D eigenvalue weighted by molar-refractivity contribution is 7.11. The summed E-state index contributed by atoms with van der Waals surface area (Å²) in [6.45, 7) is 9.32. The molecule has 3 rings (SSSR count). The molecular formula is C19H25N3OS. The van der Waals surface area contributed by atoms with E-state index in [1.165, 1.54) is 16.0 Å². The third-order valence-corrected chi connectivity index (χ3v) is 6.18. The Hall–Kier alpha value is -1.72. The van der Waals surface area contributed by atoms with E-state index in [0.29, 0.717) is 6.42 Å². The fraction of sp³-hybridized carbons (Fsp3) is 0.474. The van der Waals surface area contributed by atoms with Crippen molar-refractivity contribution in [1.82, 2.24) is 10.3 Å². The smallest absolute Gasteiger partial charge is 0.227 e. The third-order valence-electron chi connectivity index (χ3n) is 4.79. The van der Waals surface area contributed by atoms with E-state index in [1.54, 1.807) is 16.2 Å². The summed E-state index contributed by atoms with van der Waals surface area (Å²) < 4.78 is 0. The van der Waals surface area contributed by atoms with Crippen molar-refractivity contribution in [3.63, 3.8) is 0 Å². The summed E-state index contributed by atoms with van der Waals surface area (Å²) in [5.74, 6) is 0.198. The fourth-order valence-electron chi connectivity index (χ4n) is 2.96. The van der Waals surface area contributed by atoms with Crippen LogP contribution in [-0.4, -0.2) is 17.9 Å². The Balaban J connectivity index is 1.74. The molecule has 5 heteroatoms. The zero-order chi connectivity index (χ0) is 17.5. The molecule has 1 aliphatic heterocycles. The van der Waals surface area contributed by atoms with Crippen LogP contribution in [-0.2, 0) is 23.3 Å². The molecule has 0 atom stereocenters. The summed E-state index contributed by atoms with van der Waals surface area (Å²) in [4.78, 5) is 19.5. The number of thiazole rings is 1. The molecule has 0 spiro atoms. The normalized spacial score (nSPS) is 14.9. The lowest BCUT2D eigenvalue weighted by atomic mass is 9.98. The van der Waals surface area contributed by atoms with Gasteiger partial charge in [-0.2, -0.15) is 0 Å². The highest BCUT2D eigenvalue weighted by Gasteiger charge is 2.25. The summed E-state index contributed by atoms with van der Waals surface area (Å²) in [5.41, 5.74) is 4.50. The maximum absolute atomic E-state index is 11.8. The van der Waals surface area contributed by atoms with Gasteiger partial charge in [0.25, 0.3) is 0 Å². The van der Waals surface area contributed by atoms with E-state index in [4.69, 9.17) is 4.98 Å². The Bertz CT molecular complexity index is 759. The first-order valence-electron chi connectivity index (χ1n) is 8.36. The number of aryl methyl sites for hydroxylation is 3. The van der Waals surface area contributed by atoms with E-state index < -0.39 is 0 Å². The van der Waals surface area contributed by atoms with Crippen LogP contribution < -0.4 is 10.2 Å². The van der Waals surface area contributed by atoms with Gasteiger partial charge in [-0.1, -0.05) is 12.1 Å². The average molecular weight is 343 g/mol. The number of amides is 1. The second-order valence-corrected chi connectivity index (χ2v) is 8.26. The molecule has 2 heterocycles. The van der Waals surface area contributed by atoms with Crippen molar-refractivity contribution in [2.45, 2.75) is 52.6 Å². The molecule has 128 valence electrons. The molecule has 4 nitrogen and oxygen atoms in total. The lowest BCUT2D eigenvalue weighted by molar-refractivity contribution is -0.118. The monoisotopic (exact) mass is 343 g/mol. The summed E-state index contributed by atoms with van der Waals surface area (Å²) in [6, 6.07) is 6.39. The standard InChI is InChI=1S/C19H25N3OS/c1-12-13(2)24-18(21-12)19(3,4)20-11-14-6-8-16-15(10-14)7-9-17(23)22(16)5/h6,8,10,20H,7,9,11H2,1-5H3. The average Bonchev–Trinajstić information content (AvgIpc) is 2.89. The van der Waals surface area contributed by atoms with Crippen LogP contribution in [0.5, 0.6) is 0 Å². The van der Waals surface area contributed by atoms with Crippen molar-refractivity contribution in [3.8, 4) is 0 Å². The van der Waals surface area contributed by atoms with Crippen LogP contribution in [0.25, 0.3) is 0 Å². The molecule has 1 aliphatic rings. The van der Waals surface area contributed by atoms with Crippen molar-refractivity contribution < 1.29 is 4.79 Å². The Kier molecular flexibility index (Phi) is 4.49. The highest BCUT2D eigenvalue weighted by atomic mass is 32.1. The number of nitrogens with one attached hydrogen (secondary N) is 1. The van der Waals surface area contributed by atoms with Crippen molar-refractivity contribution in [2.75, 3.05) is 11.9 Å². The summed E-state index contributed by atoms with van der Waals surface area (Å²) >= 11 is 1.76. The number of fused-ring (bicyclic) bond motifs is 1. The van der Waals surface area contributed by atoms with Gasteiger partial charge in [0.2, 0.25) is 5.91 Å². The molecule has 0 saturated heterocycles. The predicted octanol–water partition coefficient (Wildman–Crippen LogP) is 3.69. The van der Waals surface area contributed by atoms with Crippen molar-refractivity contribution in [2.24, 2.45) is 0 Å².